The van der Waals surface area contributed by atoms with Crippen molar-refractivity contribution in [3.8, 4) is 0 Å². The Hall–Kier alpha value is -3.41. The Labute approximate surface area is 137 Å². The van der Waals surface area contributed by atoms with Gasteiger partial charge in [-0.1, -0.05) is 36.4 Å². The highest BCUT2D eigenvalue weighted by molar-refractivity contribution is 6.05. The third kappa shape index (κ3) is 3.49. The summed E-state index contributed by atoms with van der Waals surface area (Å²) in [6.07, 6.45) is 0. The van der Waals surface area contributed by atoms with E-state index in [0.717, 1.165) is 5.39 Å². The second-order valence-electron chi connectivity index (χ2n) is 5.10. The molecule has 24 heavy (non-hydrogen) atoms. The fraction of sp³-hybridized carbons (Fsp3) is 0.0556. The minimum Gasteiger partial charge on any atom is -0.436 e. The van der Waals surface area contributed by atoms with Crippen molar-refractivity contribution >= 4 is 28.5 Å². The third-order valence-corrected chi connectivity index (χ3v) is 3.25. The van der Waals surface area contributed by atoms with Crippen molar-refractivity contribution in [3.05, 3.63) is 71.8 Å². The SMILES string of the molecule is CC(=O)NN=c1oc2ccccc2cc1C(=O)Nc1ccccc1. The number of amides is 2. The van der Waals surface area contributed by atoms with Gasteiger partial charge >= 0.3 is 0 Å². The molecule has 0 bridgehead atoms. The molecule has 0 saturated carbocycles. The van der Waals surface area contributed by atoms with E-state index in [1.165, 1.54) is 6.92 Å². The summed E-state index contributed by atoms with van der Waals surface area (Å²) >= 11 is 0. The zero-order chi connectivity index (χ0) is 16.9. The van der Waals surface area contributed by atoms with Gasteiger partial charge < -0.3 is 9.73 Å². The van der Waals surface area contributed by atoms with Gasteiger partial charge in [0.1, 0.15) is 11.1 Å². The lowest BCUT2D eigenvalue weighted by Gasteiger charge is -2.06. The van der Waals surface area contributed by atoms with E-state index in [4.69, 9.17) is 4.42 Å². The first-order valence-corrected chi connectivity index (χ1v) is 7.33. The van der Waals surface area contributed by atoms with E-state index in [2.05, 4.69) is 15.8 Å². The predicted molar refractivity (Wildman–Crippen MR) is 90.0 cm³/mol. The molecule has 2 N–H and O–H groups in total. The van der Waals surface area contributed by atoms with Crippen LogP contribution in [0.2, 0.25) is 0 Å². The molecule has 0 spiro atoms. The maximum absolute atomic E-state index is 12.6. The standard InChI is InChI=1S/C18H15N3O3/c1-12(22)20-21-18-15(11-13-7-5-6-10-16(13)24-18)17(23)19-14-8-3-2-4-9-14/h2-11H,1H3,(H,19,23)(H,20,22). The minimum atomic E-state index is -0.375. The van der Waals surface area contributed by atoms with Gasteiger partial charge in [-0.25, -0.2) is 5.43 Å². The fourth-order valence-corrected chi connectivity index (χ4v) is 2.16. The lowest BCUT2D eigenvalue weighted by Crippen LogP contribution is -2.25. The van der Waals surface area contributed by atoms with Crippen LogP contribution in [0.3, 0.4) is 0 Å². The number of anilines is 1. The average Bonchev–Trinajstić information content (AvgIpc) is 2.60. The van der Waals surface area contributed by atoms with E-state index in [9.17, 15) is 9.59 Å². The topological polar surface area (TPSA) is 83.7 Å². The molecule has 0 fully saturated rings. The van der Waals surface area contributed by atoms with Crippen molar-refractivity contribution in [2.24, 2.45) is 5.10 Å². The maximum Gasteiger partial charge on any atom is 0.261 e. The zero-order valence-corrected chi connectivity index (χ0v) is 12.9. The summed E-state index contributed by atoms with van der Waals surface area (Å²) in [6.45, 7) is 1.33. The first-order chi connectivity index (χ1) is 11.6. The molecule has 0 aliphatic heterocycles. The summed E-state index contributed by atoms with van der Waals surface area (Å²) < 4.78 is 5.66. The van der Waals surface area contributed by atoms with Gasteiger partial charge in [0, 0.05) is 18.0 Å². The van der Waals surface area contributed by atoms with Crippen molar-refractivity contribution in [3.63, 3.8) is 0 Å². The van der Waals surface area contributed by atoms with Crippen molar-refractivity contribution < 1.29 is 14.0 Å². The third-order valence-electron chi connectivity index (χ3n) is 3.25. The Kier molecular flexibility index (Phi) is 4.38. The molecule has 1 aromatic heterocycles. The summed E-state index contributed by atoms with van der Waals surface area (Å²) in [5, 5.41) is 7.43. The molecular formula is C18H15N3O3. The van der Waals surface area contributed by atoms with E-state index in [0.29, 0.717) is 11.3 Å². The van der Waals surface area contributed by atoms with Gasteiger partial charge in [0.2, 0.25) is 11.5 Å². The van der Waals surface area contributed by atoms with Crippen LogP contribution in [-0.4, -0.2) is 11.8 Å². The Morgan fingerprint density at radius 3 is 2.46 bits per heavy atom. The van der Waals surface area contributed by atoms with Crippen molar-refractivity contribution in [2.75, 3.05) is 5.32 Å². The molecule has 0 aliphatic rings. The molecule has 2 aromatic carbocycles. The number of nitrogens with zero attached hydrogens (tertiary/aromatic N) is 1. The molecule has 0 atom stereocenters. The van der Waals surface area contributed by atoms with Crippen LogP contribution in [0.5, 0.6) is 0 Å². The molecule has 0 saturated heterocycles. The van der Waals surface area contributed by atoms with Crippen LogP contribution < -0.4 is 16.3 Å². The lowest BCUT2D eigenvalue weighted by molar-refractivity contribution is -0.119. The normalized spacial score (nSPS) is 11.3. The highest BCUT2D eigenvalue weighted by Gasteiger charge is 2.13. The number of fused-ring (bicyclic) bond motifs is 1. The van der Waals surface area contributed by atoms with Gasteiger partial charge in [-0.15, -0.1) is 5.10 Å². The summed E-state index contributed by atoms with van der Waals surface area (Å²) in [5.74, 6) is -0.729. The molecule has 0 aliphatic carbocycles. The van der Waals surface area contributed by atoms with Crippen LogP contribution >= 0.6 is 0 Å². The van der Waals surface area contributed by atoms with Crippen LogP contribution in [0.4, 0.5) is 5.69 Å². The highest BCUT2D eigenvalue weighted by Crippen LogP contribution is 2.14. The second kappa shape index (κ2) is 6.78. The number of benzene rings is 2. The predicted octanol–water partition coefficient (Wildman–Crippen LogP) is 2.64. The molecular weight excluding hydrogens is 306 g/mol. The molecule has 6 nitrogen and oxygen atoms in total. The number of carbonyl (C=O) groups is 2. The Morgan fingerprint density at radius 2 is 1.71 bits per heavy atom. The number of hydrogen-bond acceptors (Lipinski definition) is 4. The van der Waals surface area contributed by atoms with Crippen molar-refractivity contribution in [1.82, 2.24) is 5.43 Å². The fourth-order valence-electron chi connectivity index (χ4n) is 2.16. The van der Waals surface area contributed by atoms with E-state index < -0.39 is 0 Å². The van der Waals surface area contributed by atoms with Crippen LogP contribution in [0.1, 0.15) is 17.3 Å². The molecule has 3 rings (SSSR count). The molecule has 2 amide bonds. The molecule has 3 aromatic rings. The number of nitrogens with one attached hydrogen (secondary N) is 2. The summed E-state index contributed by atoms with van der Waals surface area (Å²) in [5.41, 5.74) is 3.79. The van der Waals surface area contributed by atoms with Gasteiger partial charge in [-0.05, 0) is 24.3 Å². The van der Waals surface area contributed by atoms with Gasteiger partial charge in [0.15, 0.2) is 0 Å². The largest absolute Gasteiger partial charge is 0.436 e. The minimum absolute atomic E-state index is 0.0392. The Balaban J connectivity index is 2.06. The van der Waals surface area contributed by atoms with Crippen LogP contribution in [-0.2, 0) is 4.79 Å². The summed E-state index contributed by atoms with van der Waals surface area (Å²) in [7, 11) is 0. The van der Waals surface area contributed by atoms with Gasteiger partial charge in [-0.3, -0.25) is 9.59 Å². The highest BCUT2D eigenvalue weighted by atomic mass is 16.3. The van der Waals surface area contributed by atoms with E-state index in [-0.39, 0.29) is 22.9 Å². The van der Waals surface area contributed by atoms with Crippen molar-refractivity contribution in [1.29, 1.82) is 0 Å². The number of rotatable bonds is 3. The van der Waals surface area contributed by atoms with Gasteiger partial charge in [0.05, 0.1) is 0 Å². The average molecular weight is 321 g/mol. The Morgan fingerprint density at radius 1 is 1.00 bits per heavy atom. The first kappa shape index (κ1) is 15.5. The molecule has 6 heteroatoms. The van der Waals surface area contributed by atoms with Gasteiger partial charge in [0.25, 0.3) is 5.91 Å². The smallest absolute Gasteiger partial charge is 0.261 e. The van der Waals surface area contributed by atoms with Crippen molar-refractivity contribution in [2.45, 2.75) is 6.92 Å². The van der Waals surface area contributed by atoms with Crippen LogP contribution in [0.25, 0.3) is 11.0 Å². The van der Waals surface area contributed by atoms with Gasteiger partial charge in [-0.2, -0.15) is 0 Å². The lowest BCUT2D eigenvalue weighted by atomic mass is 10.1. The number of para-hydroxylation sites is 2. The quantitative estimate of drug-likeness (QED) is 0.727. The number of hydrogen-bond donors (Lipinski definition) is 2. The number of carbonyl (C=O) groups excluding carboxylic acids is 2. The summed E-state index contributed by atoms with van der Waals surface area (Å²) in [6, 6.07) is 18.0. The maximum atomic E-state index is 12.6. The first-order valence-electron chi connectivity index (χ1n) is 7.33. The zero-order valence-electron chi connectivity index (χ0n) is 12.9. The van der Waals surface area contributed by atoms with Crippen LogP contribution in [0.15, 0.2) is 70.2 Å². The molecule has 0 unspecified atom stereocenters. The molecule has 1 heterocycles. The summed E-state index contributed by atoms with van der Waals surface area (Å²) in [4.78, 5) is 23.7. The van der Waals surface area contributed by atoms with E-state index in [1.54, 1.807) is 24.3 Å². The molecule has 120 valence electrons. The Bertz CT molecular complexity index is 962. The van der Waals surface area contributed by atoms with E-state index in [1.807, 2.05) is 36.4 Å². The van der Waals surface area contributed by atoms with E-state index >= 15 is 0 Å². The monoisotopic (exact) mass is 321 g/mol. The second-order valence-corrected chi connectivity index (χ2v) is 5.10. The van der Waals surface area contributed by atoms with Crippen LogP contribution in [0, 0.1) is 0 Å². The molecule has 0 radical (unpaired) electrons.